The summed E-state index contributed by atoms with van der Waals surface area (Å²) in [6.07, 6.45) is 2.60. The van der Waals surface area contributed by atoms with Gasteiger partial charge < -0.3 is 15.1 Å². The van der Waals surface area contributed by atoms with Crippen molar-refractivity contribution in [1.29, 1.82) is 0 Å². The number of hydrogen-bond acceptors (Lipinski definition) is 3. The Balaban J connectivity index is 1.61. The predicted octanol–water partition coefficient (Wildman–Crippen LogP) is 1.09. The molecule has 0 spiro atoms. The Morgan fingerprint density at radius 3 is 2.23 bits per heavy atom. The Bertz CT molecular complexity index is 443. The summed E-state index contributed by atoms with van der Waals surface area (Å²) >= 11 is 0. The van der Waals surface area contributed by atoms with E-state index in [0.717, 1.165) is 50.9 Å². The molecule has 0 aromatic carbocycles. The normalized spacial score (nSPS) is 33.0. The lowest BCUT2D eigenvalue weighted by Crippen LogP contribution is -2.44. The molecule has 3 atom stereocenters. The van der Waals surface area contributed by atoms with E-state index in [4.69, 9.17) is 0 Å². The number of nitrogens with one attached hydrogen (secondary N) is 1. The van der Waals surface area contributed by atoms with Gasteiger partial charge in [0.25, 0.3) is 0 Å². The fourth-order valence-electron chi connectivity index (χ4n) is 4.22. The van der Waals surface area contributed by atoms with Gasteiger partial charge in [-0.3, -0.25) is 9.59 Å². The minimum atomic E-state index is -0.187. The second-order valence-corrected chi connectivity index (χ2v) is 8.16. The lowest BCUT2D eigenvalue weighted by Gasteiger charge is -2.32. The summed E-state index contributed by atoms with van der Waals surface area (Å²) in [6.45, 7) is 10.6. The van der Waals surface area contributed by atoms with Crippen LogP contribution in [0.5, 0.6) is 0 Å². The zero-order chi connectivity index (χ0) is 15.9. The van der Waals surface area contributed by atoms with Crippen molar-refractivity contribution in [3.8, 4) is 0 Å². The van der Waals surface area contributed by atoms with Crippen LogP contribution >= 0.6 is 0 Å². The van der Waals surface area contributed by atoms with E-state index < -0.39 is 0 Å². The molecule has 1 unspecified atom stereocenters. The third kappa shape index (κ3) is 3.00. The van der Waals surface area contributed by atoms with E-state index in [2.05, 4.69) is 5.32 Å². The lowest BCUT2D eigenvalue weighted by molar-refractivity contribution is -0.136. The van der Waals surface area contributed by atoms with E-state index in [1.807, 2.05) is 30.6 Å². The highest BCUT2D eigenvalue weighted by Crippen LogP contribution is 2.30. The van der Waals surface area contributed by atoms with Gasteiger partial charge in [0, 0.05) is 31.6 Å². The molecule has 0 aromatic rings. The van der Waals surface area contributed by atoms with Gasteiger partial charge in [-0.15, -0.1) is 0 Å². The number of likely N-dealkylation sites (tertiary alicyclic amines) is 2. The molecule has 0 aromatic heterocycles. The zero-order valence-corrected chi connectivity index (χ0v) is 14.1. The summed E-state index contributed by atoms with van der Waals surface area (Å²) < 4.78 is 0. The third-order valence-corrected chi connectivity index (χ3v) is 5.62. The molecule has 0 bridgehead atoms. The maximum absolute atomic E-state index is 12.8. The average Bonchev–Trinajstić information content (AvgIpc) is 3.00. The molecule has 0 aliphatic carbocycles. The first-order valence-corrected chi connectivity index (χ1v) is 8.66. The summed E-state index contributed by atoms with van der Waals surface area (Å²) in [5.74, 6) is 1.65. The highest BCUT2D eigenvalue weighted by molar-refractivity contribution is 5.89. The van der Waals surface area contributed by atoms with Crippen LogP contribution in [0.2, 0.25) is 0 Å². The molecule has 0 radical (unpaired) electrons. The first-order chi connectivity index (χ1) is 10.4. The molecule has 3 aliphatic heterocycles. The van der Waals surface area contributed by atoms with Gasteiger partial charge >= 0.3 is 0 Å². The van der Waals surface area contributed by atoms with E-state index >= 15 is 0 Å². The highest BCUT2D eigenvalue weighted by Gasteiger charge is 2.41. The topological polar surface area (TPSA) is 52.7 Å². The fourth-order valence-corrected chi connectivity index (χ4v) is 4.22. The van der Waals surface area contributed by atoms with Crippen molar-refractivity contribution in [1.82, 2.24) is 15.1 Å². The van der Waals surface area contributed by atoms with Gasteiger partial charge in [0.15, 0.2) is 0 Å². The van der Waals surface area contributed by atoms with Gasteiger partial charge in [0.2, 0.25) is 11.8 Å². The number of nitrogens with zero attached hydrogens (tertiary/aromatic N) is 2. The van der Waals surface area contributed by atoms with E-state index in [1.54, 1.807) is 0 Å². The molecule has 3 heterocycles. The second kappa shape index (κ2) is 5.84. The summed E-state index contributed by atoms with van der Waals surface area (Å²) in [5.41, 5.74) is -0.187. The van der Waals surface area contributed by atoms with Crippen LogP contribution in [0, 0.1) is 17.8 Å². The first-order valence-electron chi connectivity index (χ1n) is 8.66. The van der Waals surface area contributed by atoms with Crippen LogP contribution in [0.1, 0.15) is 40.0 Å². The number of fused-ring (bicyclic) bond motifs is 1. The zero-order valence-electron chi connectivity index (χ0n) is 14.1. The van der Waals surface area contributed by atoms with Crippen LogP contribution in [-0.4, -0.2) is 59.9 Å². The molecule has 0 saturated carbocycles. The number of carbonyl (C=O) groups is 2. The minimum absolute atomic E-state index is 0.127. The molecule has 22 heavy (non-hydrogen) atoms. The Kier molecular flexibility index (Phi) is 4.19. The number of hydrogen-bond donors (Lipinski definition) is 1. The lowest BCUT2D eigenvalue weighted by atomic mass is 9.92. The van der Waals surface area contributed by atoms with Crippen molar-refractivity contribution < 1.29 is 9.59 Å². The van der Waals surface area contributed by atoms with Crippen LogP contribution in [-0.2, 0) is 9.59 Å². The van der Waals surface area contributed by atoms with Gasteiger partial charge in [-0.05, 0) is 58.5 Å². The van der Waals surface area contributed by atoms with Crippen molar-refractivity contribution in [2.45, 2.75) is 45.6 Å². The molecule has 1 N–H and O–H groups in total. The number of carbonyl (C=O) groups excluding carboxylic acids is 2. The van der Waals surface area contributed by atoms with Crippen molar-refractivity contribution in [3.63, 3.8) is 0 Å². The van der Waals surface area contributed by atoms with Crippen LogP contribution in [0.4, 0.5) is 0 Å². The fraction of sp³-hybridized carbons (Fsp3) is 0.882. The molecular weight excluding hydrogens is 278 g/mol. The standard InChI is InChI=1S/C17H29N3O2/c1-17(2,3)20-11-14(8-15(20)21)16(22)19-6-4-12-9-18-10-13(12)5-7-19/h12-14,18H,4-11H2,1-3H3/t12-,13+,14?. The molecule has 5 nitrogen and oxygen atoms in total. The van der Waals surface area contributed by atoms with Gasteiger partial charge in [-0.25, -0.2) is 0 Å². The molecule has 3 aliphatic rings. The third-order valence-electron chi connectivity index (χ3n) is 5.62. The van der Waals surface area contributed by atoms with Crippen LogP contribution < -0.4 is 5.32 Å². The second-order valence-electron chi connectivity index (χ2n) is 8.16. The summed E-state index contributed by atoms with van der Waals surface area (Å²) in [6, 6.07) is 0. The summed E-state index contributed by atoms with van der Waals surface area (Å²) in [4.78, 5) is 28.9. The largest absolute Gasteiger partial charge is 0.342 e. The smallest absolute Gasteiger partial charge is 0.227 e. The van der Waals surface area contributed by atoms with Crippen molar-refractivity contribution in [2.75, 3.05) is 32.7 Å². The van der Waals surface area contributed by atoms with Gasteiger partial charge in [0.05, 0.1) is 5.92 Å². The maximum Gasteiger partial charge on any atom is 0.227 e. The quantitative estimate of drug-likeness (QED) is 0.789. The molecule has 3 rings (SSSR count). The van der Waals surface area contributed by atoms with Gasteiger partial charge in [-0.1, -0.05) is 0 Å². The SMILES string of the molecule is CC(C)(C)N1CC(C(=O)N2CC[C@@H]3CNC[C@@H]3CC2)CC1=O. The van der Waals surface area contributed by atoms with Crippen molar-refractivity contribution >= 4 is 11.8 Å². The molecule has 3 saturated heterocycles. The van der Waals surface area contributed by atoms with Crippen molar-refractivity contribution in [3.05, 3.63) is 0 Å². The van der Waals surface area contributed by atoms with Crippen LogP contribution in [0.3, 0.4) is 0 Å². The van der Waals surface area contributed by atoms with Crippen LogP contribution in [0.15, 0.2) is 0 Å². The maximum atomic E-state index is 12.8. The first kappa shape index (κ1) is 15.8. The molecular formula is C17H29N3O2. The minimum Gasteiger partial charge on any atom is -0.342 e. The Morgan fingerprint density at radius 1 is 1.14 bits per heavy atom. The molecule has 5 heteroatoms. The monoisotopic (exact) mass is 307 g/mol. The highest BCUT2D eigenvalue weighted by atomic mass is 16.2. The predicted molar refractivity (Wildman–Crippen MR) is 85.2 cm³/mol. The van der Waals surface area contributed by atoms with Crippen LogP contribution in [0.25, 0.3) is 0 Å². The summed E-state index contributed by atoms with van der Waals surface area (Å²) in [5, 5.41) is 3.46. The van der Waals surface area contributed by atoms with E-state index in [9.17, 15) is 9.59 Å². The van der Waals surface area contributed by atoms with Gasteiger partial charge in [-0.2, -0.15) is 0 Å². The van der Waals surface area contributed by atoms with E-state index in [-0.39, 0.29) is 23.3 Å². The van der Waals surface area contributed by atoms with E-state index in [0.29, 0.717) is 13.0 Å². The molecule has 2 amide bonds. The Labute approximate surface area is 133 Å². The van der Waals surface area contributed by atoms with E-state index in [1.165, 1.54) is 0 Å². The van der Waals surface area contributed by atoms with Crippen molar-refractivity contribution in [2.24, 2.45) is 17.8 Å². The molecule has 124 valence electrons. The number of rotatable bonds is 1. The number of amides is 2. The average molecular weight is 307 g/mol. The molecule has 3 fully saturated rings. The Hall–Kier alpha value is -1.10. The summed E-state index contributed by atoms with van der Waals surface area (Å²) in [7, 11) is 0. The van der Waals surface area contributed by atoms with Gasteiger partial charge in [0.1, 0.15) is 0 Å². The Morgan fingerprint density at radius 2 is 1.73 bits per heavy atom.